The van der Waals surface area contributed by atoms with Gasteiger partial charge < -0.3 is 24.4 Å². The molecule has 1 aliphatic carbocycles. The second kappa shape index (κ2) is 11.0. The van der Waals surface area contributed by atoms with E-state index in [0.717, 1.165) is 25.7 Å². The summed E-state index contributed by atoms with van der Waals surface area (Å²) in [6, 6.07) is -0.976. The van der Waals surface area contributed by atoms with Gasteiger partial charge in [0.2, 0.25) is 11.8 Å². The highest BCUT2D eigenvalue weighted by molar-refractivity contribution is 5.86. The topological polar surface area (TPSA) is 104 Å². The molecule has 0 radical (unpaired) electrons. The van der Waals surface area contributed by atoms with Crippen LogP contribution in [0.3, 0.4) is 0 Å². The van der Waals surface area contributed by atoms with Crippen LogP contribution < -0.4 is 0 Å². The Morgan fingerprint density at radius 3 is 2.37 bits per heavy atom. The van der Waals surface area contributed by atoms with E-state index in [4.69, 9.17) is 9.84 Å². The number of carbonyl (C=O) groups is 4. The number of aliphatic carboxylic acids is 1. The van der Waals surface area contributed by atoms with E-state index in [9.17, 15) is 19.2 Å². The van der Waals surface area contributed by atoms with Crippen molar-refractivity contribution in [3.63, 3.8) is 0 Å². The van der Waals surface area contributed by atoms with Crippen LogP contribution in [0.15, 0.2) is 0 Å². The highest BCUT2D eigenvalue weighted by Crippen LogP contribution is 2.25. The van der Waals surface area contributed by atoms with Crippen molar-refractivity contribution >= 4 is 24.1 Å². The van der Waals surface area contributed by atoms with E-state index >= 15 is 0 Å². The second-order valence-electron chi connectivity index (χ2n) is 7.34. The number of carbonyl (C=O) groups excluding carboxylic acids is 3. The lowest BCUT2D eigenvalue weighted by molar-refractivity contribution is -0.145. The SMILES string of the molecule is O=C[C@H](CC(=O)O)N(CC1CCCCC1)C(=O)CCC(=O)N1CCOCC1. The summed E-state index contributed by atoms with van der Waals surface area (Å²) in [7, 11) is 0. The maximum atomic E-state index is 12.8. The van der Waals surface area contributed by atoms with Crippen LogP contribution in [0.2, 0.25) is 0 Å². The zero-order valence-corrected chi connectivity index (χ0v) is 15.8. The van der Waals surface area contributed by atoms with E-state index in [-0.39, 0.29) is 30.6 Å². The van der Waals surface area contributed by atoms with E-state index in [2.05, 4.69) is 0 Å². The summed E-state index contributed by atoms with van der Waals surface area (Å²) in [6.07, 6.45) is 5.51. The molecule has 0 unspecified atom stereocenters. The zero-order valence-electron chi connectivity index (χ0n) is 15.8. The summed E-state index contributed by atoms with van der Waals surface area (Å²) >= 11 is 0. The molecule has 2 amide bonds. The predicted octanol–water partition coefficient (Wildman–Crippen LogP) is 1.08. The first-order chi connectivity index (χ1) is 13.0. The van der Waals surface area contributed by atoms with E-state index in [0.29, 0.717) is 39.1 Å². The van der Waals surface area contributed by atoms with Gasteiger partial charge in [0.25, 0.3) is 0 Å². The van der Waals surface area contributed by atoms with Gasteiger partial charge in [-0.15, -0.1) is 0 Å². The highest BCUT2D eigenvalue weighted by atomic mass is 16.5. The Bertz CT molecular complexity index is 526. The monoisotopic (exact) mass is 382 g/mol. The molecule has 8 nitrogen and oxygen atoms in total. The minimum atomic E-state index is -1.11. The van der Waals surface area contributed by atoms with Crippen molar-refractivity contribution in [1.29, 1.82) is 0 Å². The molecule has 152 valence electrons. The first kappa shape index (κ1) is 21.3. The number of carboxylic acids is 1. The molecule has 2 fully saturated rings. The van der Waals surface area contributed by atoms with Crippen LogP contribution in [0, 0.1) is 5.92 Å². The van der Waals surface area contributed by atoms with Gasteiger partial charge in [-0.05, 0) is 18.8 Å². The lowest BCUT2D eigenvalue weighted by atomic mass is 9.88. The van der Waals surface area contributed by atoms with Gasteiger partial charge in [-0.1, -0.05) is 19.3 Å². The Morgan fingerprint density at radius 2 is 1.78 bits per heavy atom. The maximum Gasteiger partial charge on any atom is 0.305 e. The third-order valence-corrected chi connectivity index (χ3v) is 5.36. The van der Waals surface area contributed by atoms with Crippen molar-refractivity contribution in [2.75, 3.05) is 32.8 Å². The fourth-order valence-electron chi connectivity index (χ4n) is 3.81. The summed E-state index contributed by atoms with van der Waals surface area (Å²) < 4.78 is 5.22. The molecule has 1 atom stereocenters. The Kier molecular flexibility index (Phi) is 8.71. The predicted molar refractivity (Wildman–Crippen MR) is 97.0 cm³/mol. The van der Waals surface area contributed by atoms with Crippen LogP contribution in [-0.4, -0.2) is 77.9 Å². The van der Waals surface area contributed by atoms with Gasteiger partial charge in [-0.2, -0.15) is 0 Å². The van der Waals surface area contributed by atoms with Crippen molar-refractivity contribution < 1.29 is 29.0 Å². The van der Waals surface area contributed by atoms with Gasteiger partial charge in [0.05, 0.1) is 25.7 Å². The molecule has 0 aromatic heterocycles. The van der Waals surface area contributed by atoms with Crippen molar-refractivity contribution in [2.24, 2.45) is 5.92 Å². The third-order valence-electron chi connectivity index (χ3n) is 5.36. The number of carboxylic acid groups (broad SMARTS) is 1. The molecule has 1 N–H and O–H groups in total. The molecule has 1 aliphatic heterocycles. The molecule has 0 spiro atoms. The van der Waals surface area contributed by atoms with Gasteiger partial charge in [0.1, 0.15) is 6.29 Å². The number of nitrogens with zero attached hydrogens (tertiary/aromatic N) is 2. The zero-order chi connectivity index (χ0) is 19.6. The quantitative estimate of drug-likeness (QED) is 0.598. The number of aldehydes is 1. The number of morpholine rings is 1. The van der Waals surface area contributed by atoms with Crippen molar-refractivity contribution in [3.8, 4) is 0 Å². The average molecular weight is 382 g/mol. The van der Waals surface area contributed by atoms with Crippen LogP contribution in [0.25, 0.3) is 0 Å². The average Bonchev–Trinajstić information content (AvgIpc) is 2.69. The van der Waals surface area contributed by atoms with Crippen LogP contribution in [0.5, 0.6) is 0 Å². The van der Waals surface area contributed by atoms with Crippen LogP contribution in [0.1, 0.15) is 51.4 Å². The molecule has 0 aromatic carbocycles. The molecule has 8 heteroatoms. The fraction of sp³-hybridized carbons (Fsp3) is 0.789. The smallest absolute Gasteiger partial charge is 0.305 e. The molecule has 2 rings (SSSR count). The number of hydrogen-bond donors (Lipinski definition) is 1. The molecule has 0 aromatic rings. The van der Waals surface area contributed by atoms with Crippen molar-refractivity contribution in [2.45, 2.75) is 57.4 Å². The Morgan fingerprint density at radius 1 is 1.11 bits per heavy atom. The molecule has 1 saturated heterocycles. The van der Waals surface area contributed by atoms with Crippen LogP contribution >= 0.6 is 0 Å². The number of rotatable bonds is 9. The van der Waals surface area contributed by atoms with Gasteiger partial charge >= 0.3 is 5.97 Å². The van der Waals surface area contributed by atoms with E-state index in [1.165, 1.54) is 11.3 Å². The van der Waals surface area contributed by atoms with E-state index in [1.807, 2.05) is 0 Å². The van der Waals surface area contributed by atoms with Gasteiger partial charge in [0, 0.05) is 32.5 Å². The van der Waals surface area contributed by atoms with Gasteiger partial charge in [-0.3, -0.25) is 14.4 Å². The standard InChI is InChI=1S/C19H30N2O6/c22-14-16(12-19(25)26)21(13-15-4-2-1-3-5-15)18(24)7-6-17(23)20-8-10-27-11-9-20/h14-16H,1-13H2,(H,25,26)/t16-/m0/s1. The maximum absolute atomic E-state index is 12.8. The number of hydrogen-bond acceptors (Lipinski definition) is 5. The highest BCUT2D eigenvalue weighted by Gasteiger charge is 2.29. The lowest BCUT2D eigenvalue weighted by Gasteiger charge is -2.33. The second-order valence-corrected chi connectivity index (χ2v) is 7.34. The van der Waals surface area contributed by atoms with Crippen LogP contribution in [-0.2, 0) is 23.9 Å². The van der Waals surface area contributed by atoms with E-state index in [1.54, 1.807) is 4.90 Å². The largest absolute Gasteiger partial charge is 0.481 e. The first-order valence-electron chi connectivity index (χ1n) is 9.83. The van der Waals surface area contributed by atoms with Crippen molar-refractivity contribution in [1.82, 2.24) is 9.80 Å². The molecule has 2 aliphatic rings. The summed E-state index contributed by atoms with van der Waals surface area (Å²) in [5.74, 6) is -1.25. The minimum Gasteiger partial charge on any atom is -0.481 e. The Hall–Kier alpha value is -1.96. The Labute approximate surface area is 159 Å². The number of ether oxygens (including phenoxy) is 1. The lowest BCUT2D eigenvalue weighted by Crippen LogP contribution is -2.46. The molecule has 1 heterocycles. The summed E-state index contributed by atoms with van der Waals surface area (Å²) in [5, 5.41) is 9.07. The van der Waals surface area contributed by atoms with Crippen LogP contribution in [0.4, 0.5) is 0 Å². The molecule has 27 heavy (non-hydrogen) atoms. The molecular formula is C19H30N2O6. The minimum absolute atomic E-state index is 0.00707. The summed E-state index contributed by atoms with van der Waals surface area (Å²) in [6.45, 7) is 2.43. The van der Waals surface area contributed by atoms with Gasteiger partial charge in [0.15, 0.2) is 0 Å². The fourth-order valence-corrected chi connectivity index (χ4v) is 3.81. The summed E-state index contributed by atoms with van der Waals surface area (Å²) in [5.41, 5.74) is 0. The number of amides is 2. The molecular weight excluding hydrogens is 352 g/mol. The Balaban J connectivity index is 1.96. The van der Waals surface area contributed by atoms with E-state index < -0.39 is 18.4 Å². The normalized spacial score (nSPS) is 19.3. The molecule has 1 saturated carbocycles. The first-order valence-corrected chi connectivity index (χ1v) is 9.83. The third kappa shape index (κ3) is 6.93. The van der Waals surface area contributed by atoms with Crippen molar-refractivity contribution in [3.05, 3.63) is 0 Å². The van der Waals surface area contributed by atoms with Gasteiger partial charge in [-0.25, -0.2) is 0 Å². The summed E-state index contributed by atoms with van der Waals surface area (Å²) in [4.78, 5) is 50.7. The molecule has 0 bridgehead atoms.